The van der Waals surface area contributed by atoms with E-state index in [9.17, 15) is 13.2 Å². The van der Waals surface area contributed by atoms with Crippen molar-refractivity contribution in [1.29, 1.82) is 0 Å². The van der Waals surface area contributed by atoms with E-state index in [-0.39, 0.29) is 16.8 Å². The summed E-state index contributed by atoms with van der Waals surface area (Å²) in [4.78, 5) is 14.4. The van der Waals surface area contributed by atoms with Gasteiger partial charge in [-0.2, -0.15) is 9.82 Å². The molecular weight excluding hydrogens is 330 g/mol. The van der Waals surface area contributed by atoms with Gasteiger partial charge in [0.15, 0.2) is 0 Å². The molecule has 3 heterocycles. The maximum absolute atomic E-state index is 12.6. The molecule has 24 heavy (non-hydrogen) atoms. The molecule has 0 aliphatic carbocycles. The number of hydrogen-bond acceptors (Lipinski definition) is 5. The fourth-order valence-electron chi connectivity index (χ4n) is 3.72. The summed E-state index contributed by atoms with van der Waals surface area (Å²) in [6.07, 6.45) is 6.86. The molecule has 3 atom stereocenters. The van der Waals surface area contributed by atoms with E-state index in [0.29, 0.717) is 12.1 Å². The van der Waals surface area contributed by atoms with E-state index >= 15 is 0 Å². The Morgan fingerprint density at radius 2 is 2.04 bits per heavy atom. The number of carbonyl (C=O) groups excluding carboxylic acids is 1. The maximum atomic E-state index is 12.6. The van der Waals surface area contributed by atoms with Gasteiger partial charge < -0.3 is 10.2 Å². The van der Waals surface area contributed by atoms with Crippen LogP contribution in [-0.4, -0.2) is 60.2 Å². The molecule has 1 aromatic rings. The highest BCUT2D eigenvalue weighted by atomic mass is 32.2. The Morgan fingerprint density at radius 1 is 1.42 bits per heavy atom. The molecule has 134 valence electrons. The predicted molar refractivity (Wildman–Crippen MR) is 88.7 cm³/mol. The Hall–Kier alpha value is -1.45. The van der Waals surface area contributed by atoms with E-state index < -0.39 is 16.1 Å². The first kappa shape index (κ1) is 17.4. The van der Waals surface area contributed by atoms with Gasteiger partial charge in [-0.1, -0.05) is 0 Å². The predicted octanol–water partition coefficient (Wildman–Crippen LogP) is -0.172. The van der Waals surface area contributed by atoms with Gasteiger partial charge in [0.1, 0.15) is 4.90 Å². The van der Waals surface area contributed by atoms with Crippen molar-refractivity contribution in [3.8, 4) is 0 Å². The van der Waals surface area contributed by atoms with E-state index in [1.807, 2.05) is 0 Å². The topological polar surface area (TPSA) is 96.3 Å². The zero-order chi connectivity index (χ0) is 17.5. The first-order valence-electron chi connectivity index (χ1n) is 8.30. The van der Waals surface area contributed by atoms with Gasteiger partial charge in [0.05, 0.1) is 12.2 Å². The fourth-order valence-corrected chi connectivity index (χ4v) is 4.90. The third-order valence-corrected chi connectivity index (χ3v) is 6.53. The molecule has 0 spiro atoms. The van der Waals surface area contributed by atoms with Gasteiger partial charge in [-0.15, -0.1) is 0 Å². The highest BCUT2D eigenvalue weighted by Gasteiger charge is 2.37. The second-order valence-corrected chi connectivity index (χ2v) is 8.62. The average Bonchev–Trinajstić information content (AvgIpc) is 3.11. The molecular formula is C15H25N5O3S. The van der Waals surface area contributed by atoms with Crippen molar-refractivity contribution < 1.29 is 13.2 Å². The largest absolute Gasteiger partial charge is 0.341 e. The van der Waals surface area contributed by atoms with E-state index in [0.717, 1.165) is 25.7 Å². The minimum Gasteiger partial charge on any atom is -0.341 e. The van der Waals surface area contributed by atoms with Crippen molar-refractivity contribution in [1.82, 2.24) is 24.7 Å². The molecule has 0 radical (unpaired) electrons. The van der Waals surface area contributed by atoms with Gasteiger partial charge in [0.25, 0.3) is 0 Å². The average molecular weight is 355 g/mol. The third kappa shape index (κ3) is 3.47. The van der Waals surface area contributed by atoms with Crippen LogP contribution in [0, 0.1) is 0 Å². The van der Waals surface area contributed by atoms with E-state index in [2.05, 4.69) is 15.1 Å². The van der Waals surface area contributed by atoms with E-state index in [4.69, 9.17) is 0 Å². The van der Waals surface area contributed by atoms with Crippen molar-refractivity contribution in [3.05, 3.63) is 12.4 Å². The highest BCUT2D eigenvalue weighted by Crippen LogP contribution is 2.29. The lowest BCUT2D eigenvalue weighted by Gasteiger charge is -2.36. The van der Waals surface area contributed by atoms with Crippen molar-refractivity contribution in [2.24, 2.45) is 7.05 Å². The molecule has 1 amide bonds. The Kier molecular flexibility index (Phi) is 4.67. The number of nitrogens with one attached hydrogen (secondary N) is 2. The smallest absolute Gasteiger partial charge is 0.244 e. The van der Waals surface area contributed by atoms with Crippen LogP contribution in [-0.2, 0) is 21.9 Å². The van der Waals surface area contributed by atoms with Crippen molar-refractivity contribution in [3.63, 3.8) is 0 Å². The molecule has 2 aliphatic rings. The first-order chi connectivity index (χ1) is 11.3. The molecule has 8 nitrogen and oxygen atoms in total. The first-order valence-corrected chi connectivity index (χ1v) is 9.78. The van der Waals surface area contributed by atoms with Crippen LogP contribution in [0.25, 0.3) is 0 Å². The number of piperidine rings is 1. The van der Waals surface area contributed by atoms with Gasteiger partial charge in [-0.3, -0.25) is 9.48 Å². The molecule has 2 fully saturated rings. The summed E-state index contributed by atoms with van der Waals surface area (Å²) in [5.41, 5.74) is 0. The number of rotatable bonds is 5. The normalized spacial score (nSPS) is 27.9. The molecule has 0 aromatic carbocycles. The molecule has 0 saturated carbocycles. The third-order valence-electron chi connectivity index (χ3n) is 5.04. The van der Waals surface area contributed by atoms with Gasteiger partial charge in [-0.05, 0) is 32.6 Å². The molecule has 3 unspecified atom stereocenters. The number of hydrogen-bond donors (Lipinski definition) is 2. The zero-order valence-corrected chi connectivity index (χ0v) is 15.1. The van der Waals surface area contributed by atoms with Gasteiger partial charge in [0, 0.05) is 38.4 Å². The lowest BCUT2D eigenvalue weighted by atomic mass is 9.98. The fraction of sp³-hybridized carbons (Fsp3) is 0.733. The zero-order valence-electron chi connectivity index (χ0n) is 14.3. The minimum absolute atomic E-state index is 0.0622. The lowest BCUT2D eigenvalue weighted by Crippen LogP contribution is -2.53. The number of fused-ring (bicyclic) bond motifs is 2. The van der Waals surface area contributed by atoms with Gasteiger partial charge in [-0.25, -0.2) is 8.42 Å². The van der Waals surface area contributed by atoms with E-state index in [1.165, 1.54) is 17.1 Å². The molecule has 2 aliphatic heterocycles. The Balaban J connectivity index is 1.64. The summed E-state index contributed by atoms with van der Waals surface area (Å²) >= 11 is 0. The molecule has 2 saturated heterocycles. The molecule has 9 heteroatoms. The molecule has 3 rings (SSSR count). The SMILES string of the molecule is CC(NS(=O)(=O)c1cnn(C)c1)C(=O)N(C)C1CC2CCC(C1)N2. The highest BCUT2D eigenvalue weighted by molar-refractivity contribution is 7.89. The molecule has 1 aromatic heterocycles. The summed E-state index contributed by atoms with van der Waals surface area (Å²) in [6.45, 7) is 1.59. The standard InChI is InChI=1S/C15H25N5O3S/c1-10(18-24(22,23)14-8-16-19(2)9-14)15(21)20(3)13-6-11-4-5-12(7-13)17-11/h8-13,17-18H,4-7H2,1-3H3. The number of sulfonamides is 1. The number of nitrogens with zero attached hydrogens (tertiary/aromatic N) is 3. The summed E-state index contributed by atoms with van der Waals surface area (Å²) in [5, 5.41) is 7.41. The number of aromatic nitrogens is 2. The van der Waals surface area contributed by atoms with Crippen LogP contribution in [0.4, 0.5) is 0 Å². The van der Waals surface area contributed by atoms with Crippen LogP contribution < -0.4 is 10.0 Å². The van der Waals surface area contributed by atoms with Crippen molar-refractivity contribution in [2.45, 2.75) is 61.7 Å². The summed E-state index contributed by atoms with van der Waals surface area (Å²) in [5.74, 6) is -0.200. The lowest BCUT2D eigenvalue weighted by molar-refractivity contribution is -0.134. The van der Waals surface area contributed by atoms with Crippen molar-refractivity contribution >= 4 is 15.9 Å². The van der Waals surface area contributed by atoms with Crippen LogP contribution >= 0.6 is 0 Å². The second kappa shape index (κ2) is 6.45. The number of carbonyl (C=O) groups is 1. The number of aryl methyl sites for hydroxylation is 1. The summed E-state index contributed by atoms with van der Waals surface area (Å²) < 4.78 is 28.5. The number of likely N-dealkylation sites (N-methyl/N-ethyl adjacent to an activating group) is 1. The van der Waals surface area contributed by atoms with E-state index in [1.54, 1.807) is 25.9 Å². The van der Waals surface area contributed by atoms with Crippen LogP contribution in [0.5, 0.6) is 0 Å². The molecule has 2 N–H and O–H groups in total. The minimum atomic E-state index is -3.75. The van der Waals surface area contributed by atoms with Crippen molar-refractivity contribution in [2.75, 3.05) is 7.05 Å². The van der Waals surface area contributed by atoms with Crippen LogP contribution in [0.2, 0.25) is 0 Å². The quantitative estimate of drug-likeness (QED) is 0.764. The monoisotopic (exact) mass is 355 g/mol. The second-order valence-electron chi connectivity index (χ2n) is 6.90. The van der Waals surface area contributed by atoms with Gasteiger partial charge >= 0.3 is 0 Å². The maximum Gasteiger partial charge on any atom is 0.244 e. The number of amides is 1. The van der Waals surface area contributed by atoms with Crippen LogP contribution in [0.3, 0.4) is 0 Å². The van der Waals surface area contributed by atoms with Crippen LogP contribution in [0.1, 0.15) is 32.6 Å². The Morgan fingerprint density at radius 3 is 2.58 bits per heavy atom. The van der Waals surface area contributed by atoms with Gasteiger partial charge in [0.2, 0.25) is 15.9 Å². The Labute approximate surface area is 142 Å². The summed E-state index contributed by atoms with van der Waals surface area (Å²) in [7, 11) is -0.334. The summed E-state index contributed by atoms with van der Waals surface area (Å²) in [6, 6.07) is 0.312. The van der Waals surface area contributed by atoms with Crippen LogP contribution in [0.15, 0.2) is 17.3 Å². The molecule has 2 bridgehead atoms. The Bertz CT molecular complexity index is 704.